The molecular formula is C20H19Cl2N3O. The number of carbonyl (C=O) groups is 1. The number of nitriles is 1. The molecule has 4 nitrogen and oxygen atoms in total. The maximum atomic E-state index is 12.3. The number of nitrogens with one attached hydrogen (secondary N) is 2. The van der Waals surface area contributed by atoms with Gasteiger partial charge in [-0.15, -0.1) is 0 Å². The Hall–Kier alpha value is -2.48. The average Bonchev–Trinajstić information content (AvgIpc) is 2.65. The summed E-state index contributed by atoms with van der Waals surface area (Å²) >= 11 is 12.0. The van der Waals surface area contributed by atoms with E-state index in [0.29, 0.717) is 10.7 Å². The predicted octanol–water partition coefficient (Wildman–Crippen LogP) is 5.25. The van der Waals surface area contributed by atoms with Crippen molar-refractivity contribution in [3.05, 3.63) is 75.4 Å². The number of halogens is 2. The van der Waals surface area contributed by atoms with Gasteiger partial charge in [-0.25, -0.2) is 0 Å². The zero-order chi connectivity index (χ0) is 19.1. The topological polar surface area (TPSA) is 64.9 Å². The number of benzene rings is 2. The molecule has 0 aliphatic carbocycles. The van der Waals surface area contributed by atoms with Gasteiger partial charge in [-0.05, 0) is 36.6 Å². The third-order valence-corrected chi connectivity index (χ3v) is 4.75. The summed E-state index contributed by atoms with van der Waals surface area (Å²) in [5, 5.41) is 15.5. The van der Waals surface area contributed by atoms with Crippen molar-refractivity contribution in [1.29, 1.82) is 5.26 Å². The van der Waals surface area contributed by atoms with E-state index in [2.05, 4.69) is 29.7 Å². The van der Waals surface area contributed by atoms with Gasteiger partial charge in [0.05, 0.1) is 15.7 Å². The molecule has 0 radical (unpaired) electrons. The molecule has 0 bridgehead atoms. The van der Waals surface area contributed by atoms with Gasteiger partial charge in [0.2, 0.25) is 0 Å². The number of rotatable bonds is 6. The summed E-state index contributed by atoms with van der Waals surface area (Å²) in [6, 6.07) is 14.9. The van der Waals surface area contributed by atoms with Crippen molar-refractivity contribution in [3.63, 3.8) is 0 Å². The molecule has 26 heavy (non-hydrogen) atoms. The Labute approximate surface area is 163 Å². The van der Waals surface area contributed by atoms with E-state index in [1.54, 1.807) is 18.2 Å². The number of amides is 1. The lowest BCUT2D eigenvalue weighted by Crippen LogP contribution is -2.18. The van der Waals surface area contributed by atoms with Gasteiger partial charge in [-0.1, -0.05) is 60.5 Å². The zero-order valence-electron chi connectivity index (χ0n) is 14.5. The summed E-state index contributed by atoms with van der Waals surface area (Å²) in [6.07, 6.45) is 2.39. The maximum absolute atomic E-state index is 12.3. The first kappa shape index (κ1) is 19.8. The smallest absolute Gasteiger partial charge is 0.267 e. The monoisotopic (exact) mass is 387 g/mol. The third kappa shape index (κ3) is 5.01. The zero-order valence-corrected chi connectivity index (χ0v) is 16.0. The molecule has 0 aromatic heterocycles. The predicted molar refractivity (Wildman–Crippen MR) is 106 cm³/mol. The molecular weight excluding hydrogens is 369 g/mol. The van der Waals surface area contributed by atoms with Crippen LogP contribution in [0.3, 0.4) is 0 Å². The van der Waals surface area contributed by atoms with E-state index >= 15 is 0 Å². The Kier molecular flexibility index (Phi) is 7.08. The summed E-state index contributed by atoms with van der Waals surface area (Å²) in [5.74, 6) is -0.558. The van der Waals surface area contributed by atoms with Crippen LogP contribution in [0.5, 0.6) is 0 Å². The largest absolute Gasteiger partial charge is 0.383 e. The van der Waals surface area contributed by atoms with Gasteiger partial charge in [0.15, 0.2) is 0 Å². The fourth-order valence-corrected chi connectivity index (χ4v) is 2.63. The number of aryl methyl sites for hydroxylation is 1. The lowest BCUT2D eigenvalue weighted by Gasteiger charge is -2.13. The number of anilines is 1. The number of hydrogen-bond acceptors (Lipinski definition) is 3. The molecule has 2 aromatic carbocycles. The van der Waals surface area contributed by atoms with Crippen LogP contribution >= 0.6 is 23.2 Å². The fourth-order valence-electron chi connectivity index (χ4n) is 2.29. The molecule has 0 saturated heterocycles. The van der Waals surface area contributed by atoms with E-state index in [1.807, 2.05) is 25.1 Å². The van der Waals surface area contributed by atoms with E-state index in [9.17, 15) is 10.1 Å². The van der Waals surface area contributed by atoms with Gasteiger partial charge in [0, 0.05) is 12.2 Å². The van der Waals surface area contributed by atoms with Gasteiger partial charge < -0.3 is 10.6 Å². The minimum atomic E-state index is -0.558. The lowest BCUT2D eigenvalue weighted by atomic mass is 10.1. The quantitative estimate of drug-likeness (QED) is 0.525. The van der Waals surface area contributed by atoms with E-state index in [1.165, 1.54) is 11.8 Å². The summed E-state index contributed by atoms with van der Waals surface area (Å²) in [6.45, 7) is 4.06. The second-order valence-electron chi connectivity index (χ2n) is 5.71. The molecule has 2 rings (SSSR count). The maximum Gasteiger partial charge on any atom is 0.267 e. The Morgan fingerprint density at radius 2 is 1.92 bits per heavy atom. The standard InChI is InChI=1S/C20H19Cl2N3O/c1-3-14-7-9-15(10-8-14)13(2)24-12-16(11-23)20(26)25-18-6-4-5-17(21)19(18)22/h4-10,12-13,24H,3H2,1-2H3,(H,25,26)/b16-12-. The Morgan fingerprint density at radius 1 is 1.23 bits per heavy atom. The molecule has 0 aliphatic rings. The molecule has 0 spiro atoms. The van der Waals surface area contributed by atoms with Gasteiger partial charge in [0.25, 0.3) is 5.91 Å². The Bertz CT molecular complexity index is 854. The summed E-state index contributed by atoms with van der Waals surface area (Å²) in [7, 11) is 0. The molecule has 6 heteroatoms. The minimum absolute atomic E-state index is 0.0492. The fraction of sp³-hybridized carbons (Fsp3) is 0.200. The lowest BCUT2D eigenvalue weighted by molar-refractivity contribution is -0.112. The van der Waals surface area contributed by atoms with Gasteiger partial charge >= 0.3 is 0 Å². The van der Waals surface area contributed by atoms with Crippen molar-refractivity contribution in [3.8, 4) is 6.07 Å². The van der Waals surface area contributed by atoms with E-state index in [-0.39, 0.29) is 16.6 Å². The molecule has 2 aromatic rings. The highest BCUT2D eigenvalue weighted by Gasteiger charge is 2.13. The van der Waals surface area contributed by atoms with Gasteiger partial charge in [-0.2, -0.15) is 5.26 Å². The number of nitrogens with zero attached hydrogens (tertiary/aromatic N) is 1. The van der Waals surface area contributed by atoms with Crippen molar-refractivity contribution in [2.75, 3.05) is 5.32 Å². The number of carbonyl (C=O) groups excluding carboxylic acids is 1. The van der Waals surface area contributed by atoms with Crippen molar-refractivity contribution < 1.29 is 4.79 Å². The van der Waals surface area contributed by atoms with Crippen molar-refractivity contribution >= 4 is 34.8 Å². The van der Waals surface area contributed by atoms with Crippen LogP contribution in [-0.2, 0) is 11.2 Å². The summed E-state index contributed by atoms with van der Waals surface area (Å²) in [5.41, 5.74) is 2.62. The minimum Gasteiger partial charge on any atom is -0.383 e. The van der Waals surface area contributed by atoms with Crippen LogP contribution in [0.15, 0.2) is 54.2 Å². The Morgan fingerprint density at radius 3 is 2.54 bits per heavy atom. The molecule has 1 atom stereocenters. The number of hydrogen-bond donors (Lipinski definition) is 2. The van der Waals surface area contributed by atoms with E-state index < -0.39 is 5.91 Å². The molecule has 1 unspecified atom stereocenters. The van der Waals surface area contributed by atoms with Gasteiger partial charge in [-0.3, -0.25) is 4.79 Å². The highest BCUT2D eigenvalue weighted by atomic mass is 35.5. The first-order chi connectivity index (χ1) is 12.5. The average molecular weight is 388 g/mol. The summed E-state index contributed by atoms with van der Waals surface area (Å²) in [4.78, 5) is 12.3. The van der Waals surface area contributed by atoms with Gasteiger partial charge in [0.1, 0.15) is 11.6 Å². The van der Waals surface area contributed by atoms with Crippen molar-refractivity contribution in [1.82, 2.24) is 5.32 Å². The molecule has 2 N–H and O–H groups in total. The first-order valence-electron chi connectivity index (χ1n) is 8.16. The second-order valence-corrected chi connectivity index (χ2v) is 6.49. The SMILES string of the molecule is CCc1ccc(C(C)N/C=C(/C#N)C(=O)Nc2cccc(Cl)c2Cl)cc1. The normalized spacial score (nSPS) is 12.2. The third-order valence-electron chi connectivity index (χ3n) is 3.93. The molecule has 0 aliphatic heterocycles. The van der Waals surface area contributed by atoms with Crippen LogP contribution in [0.2, 0.25) is 10.0 Å². The molecule has 134 valence electrons. The molecule has 0 saturated carbocycles. The molecule has 0 fully saturated rings. The van der Waals surface area contributed by atoms with Crippen LogP contribution in [0.4, 0.5) is 5.69 Å². The van der Waals surface area contributed by atoms with E-state index in [4.69, 9.17) is 23.2 Å². The van der Waals surface area contributed by atoms with Crippen LogP contribution in [0, 0.1) is 11.3 Å². The first-order valence-corrected chi connectivity index (χ1v) is 8.92. The van der Waals surface area contributed by atoms with Crippen LogP contribution < -0.4 is 10.6 Å². The van der Waals surface area contributed by atoms with Crippen molar-refractivity contribution in [2.45, 2.75) is 26.3 Å². The Balaban J connectivity index is 2.07. The molecule has 0 heterocycles. The van der Waals surface area contributed by atoms with Crippen LogP contribution in [-0.4, -0.2) is 5.91 Å². The summed E-state index contributed by atoms with van der Waals surface area (Å²) < 4.78 is 0. The second kappa shape index (κ2) is 9.28. The van der Waals surface area contributed by atoms with Crippen LogP contribution in [0.1, 0.15) is 31.0 Å². The van der Waals surface area contributed by atoms with Crippen molar-refractivity contribution in [2.24, 2.45) is 0 Å². The highest BCUT2D eigenvalue weighted by molar-refractivity contribution is 6.44. The van der Waals surface area contributed by atoms with E-state index in [0.717, 1.165) is 12.0 Å². The molecule has 1 amide bonds. The van der Waals surface area contributed by atoms with Crippen LogP contribution in [0.25, 0.3) is 0 Å². The highest BCUT2D eigenvalue weighted by Crippen LogP contribution is 2.29.